The molecule has 1 aliphatic rings. The molecular weight excluding hydrogens is 415 g/mol. The molecule has 10 heteroatoms. The lowest BCUT2D eigenvalue weighted by Gasteiger charge is -2.31. The topological polar surface area (TPSA) is 76.5 Å². The molecule has 2 aromatic rings. The van der Waals surface area contributed by atoms with E-state index in [9.17, 15) is 9.59 Å². The van der Waals surface area contributed by atoms with Crippen LogP contribution in [0.15, 0.2) is 29.2 Å². The number of hydrogen-bond acceptors (Lipinski definition) is 5. The molecular formula is C17H17Cl3N4O3. The molecule has 1 saturated heterocycles. The van der Waals surface area contributed by atoms with E-state index in [1.54, 1.807) is 17.0 Å². The van der Waals surface area contributed by atoms with Crippen molar-refractivity contribution in [2.75, 3.05) is 25.5 Å². The highest BCUT2D eigenvalue weighted by Crippen LogP contribution is 2.25. The Bertz CT molecular complexity index is 911. The SMILES string of the molecule is COC(=O)N1CCC(Nc2cnn(-c3ccc(Cl)cc3Cl)c(=O)c2Cl)CC1. The summed E-state index contributed by atoms with van der Waals surface area (Å²) in [5.41, 5.74) is 0.350. The van der Waals surface area contributed by atoms with Crippen molar-refractivity contribution in [3.63, 3.8) is 0 Å². The van der Waals surface area contributed by atoms with Crippen molar-refractivity contribution in [3.05, 3.63) is 49.8 Å². The first-order chi connectivity index (χ1) is 12.9. The lowest BCUT2D eigenvalue weighted by atomic mass is 10.1. The van der Waals surface area contributed by atoms with Crippen molar-refractivity contribution < 1.29 is 9.53 Å². The molecule has 1 aromatic heterocycles. The van der Waals surface area contributed by atoms with Gasteiger partial charge in [0.15, 0.2) is 0 Å². The largest absolute Gasteiger partial charge is 0.453 e. The summed E-state index contributed by atoms with van der Waals surface area (Å²) < 4.78 is 5.85. The van der Waals surface area contributed by atoms with Gasteiger partial charge in [0.2, 0.25) is 0 Å². The molecule has 7 nitrogen and oxygen atoms in total. The summed E-state index contributed by atoms with van der Waals surface area (Å²) >= 11 is 18.3. The second kappa shape index (κ2) is 8.37. The Balaban J connectivity index is 1.76. The van der Waals surface area contributed by atoms with E-state index in [1.807, 2.05) is 0 Å². The zero-order valence-electron chi connectivity index (χ0n) is 14.4. The first kappa shape index (κ1) is 19.8. The standard InChI is InChI=1S/C17H17Cl3N4O3/c1-27-17(26)23-6-4-11(5-7-23)22-13-9-21-24(16(25)15(13)20)14-3-2-10(18)8-12(14)19/h2-3,8-9,11,22H,4-7H2,1H3. The molecule has 1 fully saturated rings. The van der Waals surface area contributed by atoms with Crippen molar-refractivity contribution >= 4 is 46.6 Å². The average molecular weight is 432 g/mol. The quantitative estimate of drug-likeness (QED) is 0.799. The fourth-order valence-corrected chi connectivity index (χ4v) is 3.59. The zero-order valence-corrected chi connectivity index (χ0v) is 16.7. The van der Waals surface area contributed by atoms with Crippen LogP contribution in [0.3, 0.4) is 0 Å². The van der Waals surface area contributed by atoms with Gasteiger partial charge in [-0.3, -0.25) is 4.79 Å². The van der Waals surface area contributed by atoms with E-state index in [2.05, 4.69) is 10.4 Å². The number of methoxy groups -OCH3 is 1. The molecule has 1 aliphatic heterocycles. The van der Waals surface area contributed by atoms with Crippen LogP contribution in [-0.2, 0) is 4.74 Å². The number of nitrogens with zero attached hydrogens (tertiary/aromatic N) is 3. The Kier molecular flexibility index (Phi) is 6.14. The van der Waals surface area contributed by atoms with Gasteiger partial charge in [-0.2, -0.15) is 9.78 Å². The van der Waals surface area contributed by atoms with Gasteiger partial charge in [0.05, 0.1) is 29.7 Å². The van der Waals surface area contributed by atoms with Gasteiger partial charge in [0.25, 0.3) is 5.56 Å². The maximum absolute atomic E-state index is 12.6. The monoisotopic (exact) mass is 430 g/mol. The van der Waals surface area contributed by atoms with Gasteiger partial charge >= 0.3 is 6.09 Å². The average Bonchev–Trinajstić information content (AvgIpc) is 2.66. The van der Waals surface area contributed by atoms with Crippen molar-refractivity contribution in [2.24, 2.45) is 0 Å². The number of amides is 1. The van der Waals surface area contributed by atoms with E-state index >= 15 is 0 Å². The third-order valence-electron chi connectivity index (χ3n) is 4.34. The van der Waals surface area contributed by atoms with Gasteiger partial charge in [-0.05, 0) is 31.0 Å². The predicted molar refractivity (Wildman–Crippen MR) is 105 cm³/mol. The molecule has 0 atom stereocenters. The first-order valence-corrected chi connectivity index (χ1v) is 9.36. The van der Waals surface area contributed by atoms with E-state index in [0.29, 0.717) is 47.4 Å². The molecule has 1 N–H and O–H groups in total. The Labute approximate surface area is 170 Å². The smallest absolute Gasteiger partial charge is 0.409 e. The van der Waals surface area contributed by atoms with E-state index in [0.717, 1.165) is 4.68 Å². The van der Waals surface area contributed by atoms with Gasteiger partial charge in [-0.15, -0.1) is 0 Å². The Morgan fingerprint density at radius 2 is 1.96 bits per heavy atom. The van der Waals surface area contributed by atoms with E-state index in [4.69, 9.17) is 39.5 Å². The number of piperidine rings is 1. The van der Waals surface area contributed by atoms with Crippen molar-refractivity contribution in [1.82, 2.24) is 14.7 Å². The summed E-state index contributed by atoms with van der Waals surface area (Å²) in [6.45, 7) is 1.12. The lowest BCUT2D eigenvalue weighted by Crippen LogP contribution is -2.42. The van der Waals surface area contributed by atoms with Crippen molar-refractivity contribution in [3.8, 4) is 5.69 Å². The predicted octanol–water partition coefficient (Wildman–Crippen LogP) is 3.84. The molecule has 27 heavy (non-hydrogen) atoms. The summed E-state index contributed by atoms with van der Waals surface area (Å²) in [6.07, 6.45) is 2.56. The van der Waals surface area contributed by atoms with Gasteiger partial charge in [0.1, 0.15) is 5.02 Å². The minimum atomic E-state index is -0.488. The Morgan fingerprint density at radius 1 is 1.26 bits per heavy atom. The second-order valence-corrected chi connectivity index (χ2v) is 7.28. The Morgan fingerprint density at radius 3 is 2.59 bits per heavy atom. The van der Waals surface area contributed by atoms with Gasteiger partial charge in [-0.25, -0.2) is 4.79 Å². The van der Waals surface area contributed by atoms with Crippen LogP contribution in [0.2, 0.25) is 15.1 Å². The van der Waals surface area contributed by atoms with Gasteiger partial charge < -0.3 is 15.0 Å². The van der Waals surface area contributed by atoms with E-state index in [-0.39, 0.29) is 17.2 Å². The van der Waals surface area contributed by atoms with Crippen LogP contribution in [0.25, 0.3) is 5.69 Å². The zero-order chi connectivity index (χ0) is 19.6. The number of aromatic nitrogens is 2. The van der Waals surface area contributed by atoms with E-state index < -0.39 is 5.56 Å². The third-order valence-corrected chi connectivity index (χ3v) is 5.25. The molecule has 0 spiro atoms. The second-order valence-electron chi connectivity index (χ2n) is 6.06. The molecule has 2 heterocycles. The number of nitrogens with one attached hydrogen (secondary N) is 1. The number of benzene rings is 1. The van der Waals surface area contributed by atoms with Crippen LogP contribution >= 0.6 is 34.8 Å². The number of rotatable bonds is 3. The highest BCUT2D eigenvalue weighted by Gasteiger charge is 2.24. The van der Waals surface area contributed by atoms with Crippen LogP contribution in [-0.4, -0.2) is 47.0 Å². The summed E-state index contributed by atoms with van der Waals surface area (Å²) in [4.78, 5) is 25.8. The van der Waals surface area contributed by atoms with Gasteiger partial charge in [0, 0.05) is 24.2 Å². The molecule has 0 unspecified atom stereocenters. The normalized spacial score (nSPS) is 14.9. The van der Waals surface area contributed by atoms with Gasteiger partial charge in [-0.1, -0.05) is 34.8 Å². The number of carbonyl (C=O) groups excluding carboxylic acids is 1. The minimum absolute atomic E-state index is 0.0198. The molecule has 0 saturated carbocycles. The maximum Gasteiger partial charge on any atom is 0.409 e. The Hall–Kier alpha value is -1.96. The van der Waals surface area contributed by atoms with Crippen LogP contribution < -0.4 is 10.9 Å². The summed E-state index contributed by atoms with van der Waals surface area (Å²) in [5.74, 6) is 0. The molecule has 1 aromatic carbocycles. The summed E-state index contributed by atoms with van der Waals surface area (Å²) in [6, 6.07) is 4.82. The molecule has 0 bridgehead atoms. The van der Waals surface area contributed by atoms with Crippen LogP contribution in [0.1, 0.15) is 12.8 Å². The lowest BCUT2D eigenvalue weighted by molar-refractivity contribution is 0.113. The summed E-state index contributed by atoms with van der Waals surface area (Å²) in [5, 5.41) is 8.17. The summed E-state index contributed by atoms with van der Waals surface area (Å²) in [7, 11) is 1.36. The maximum atomic E-state index is 12.6. The number of hydrogen-bond donors (Lipinski definition) is 1. The number of anilines is 1. The molecule has 144 valence electrons. The van der Waals surface area contributed by atoms with Crippen LogP contribution in [0.5, 0.6) is 0 Å². The highest BCUT2D eigenvalue weighted by molar-refractivity contribution is 6.36. The van der Waals surface area contributed by atoms with Crippen molar-refractivity contribution in [1.29, 1.82) is 0 Å². The third kappa shape index (κ3) is 4.31. The fourth-order valence-electron chi connectivity index (χ4n) is 2.91. The molecule has 0 radical (unpaired) electrons. The molecule has 0 aliphatic carbocycles. The highest BCUT2D eigenvalue weighted by atomic mass is 35.5. The van der Waals surface area contributed by atoms with Crippen LogP contribution in [0.4, 0.5) is 10.5 Å². The van der Waals surface area contributed by atoms with Crippen molar-refractivity contribution in [2.45, 2.75) is 18.9 Å². The first-order valence-electron chi connectivity index (χ1n) is 8.23. The fraction of sp³-hybridized carbons (Fsp3) is 0.353. The minimum Gasteiger partial charge on any atom is -0.453 e. The van der Waals surface area contributed by atoms with E-state index in [1.165, 1.54) is 19.4 Å². The number of ether oxygens (including phenoxy) is 1. The number of likely N-dealkylation sites (tertiary alicyclic amines) is 1. The van der Waals surface area contributed by atoms with Crippen LogP contribution in [0, 0.1) is 0 Å². The molecule has 3 rings (SSSR count). The number of halogens is 3. The number of carbonyl (C=O) groups is 1. The molecule has 1 amide bonds.